The molecule has 1 heterocycles. The van der Waals surface area contributed by atoms with E-state index in [0.717, 1.165) is 65.0 Å². The molecule has 4 nitrogen and oxygen atoms in total. The van der Waals surface area contributed by atoms with Crippen LogP contribution < -0.4 is 10.2 Å². The number of Topliss-reactive ketones (excluding diaryl/α,β-unsaturated/α-hetero) is 1. The summed E-state index contributed by atoms with van der Waals surface area (Å²) >= 11 is 0. The maximum absolute atomic E-state index is 13.8. The number of aryl methyl sites for hydroxylation is 1. The van der Waals surface area contributed by atoms with E-state index in [0.29, 0.717) is 19.4 Å². The van der Waals surface area contributed by atoms with Crippen LogP contribution in [0.3, 0.4) is 0 Å². The summed E-state index contributed by atoms with van der Waals surface area (Å²) in [5, 5.41) is 3.14. The number of hydrogen-bond donors (Lipinski definition) is 1. The third kappa shape index (κ3) is 8.57. The van der Waals surface area contributed by atoms with Gasteiger partial charge in [-0.05, 0) is 88.2 Å². The number of halogens is 1. The molecule has 0 radical (unpaired) electrons. The average Bonchev–Trinajstić information content (AvgIpc) is 3.14. The standard InChI is InChI=1S/C45H47FN2O2/c1-45(2,3)37-20-16-34(17-21-37)40-11-7-8-12-41(40)42(49)26-15-32-13-24-39(25-14-32)48-29-27-36(28-30-48)43(35-18-22-38(46)23-19-35)44(50)47-31-33-9-5-4-6-10-33/h4-14,16-25,36,43H,15,26-31H2,1-3H3,(H,47,50). The molecule has 0 aromatic heterocycles. The molecule has 1 saturated heterocycles. The monoisotopic (exact) mass is 666 g/mol. The first-order valence-electron chi connectivity index (χ1n) is 17.8. The minimum absolute atomic E-state index is 0.0149. The topological polar surface area (TPSA) is 49.4 Å². The van der Waals surface area contributed by atoms with Gasteiger partial charge in [0.1, 0.15) is 5.82 Å². The highest BCUT2D eigenvalue weighted by molar-refractivity contribution is 6.02. The SMILES string of the molecule is CC(C)(C)c1ccc(-c2ccccc2C(=O)CCc2ccc(N3CCC(C(C(=O)NCc4ccccc4)c4ccc(F)cc4)CC3)cc2)cc1. The number of piperidine rings is 1. The molecule has 256 valence electrons. The Morgan fingerprint density at radius 2 is 1.40 bits per heavy atom. The van der Waals surface area contributed by atoms with Gasteiger partial charge in [-0.1, -0.05) is 124 Å². The fraction of sp³-hybridized carbons (Fsp3) is 0.289. The van der Waals surface area contributed by atoms with Crippen molar-refractivity contribution in [2.24, 2.45) is 5.92 Å². The summed E-state index contributed by atoms with van der Waals surface area (Å²) in [7, 11) is 0. The summed E-state index contributed by atoms with van der Waals surface area (Å²) in [6, 6.07) is 41.3. The van der Waals surface area contributed by atoms with E-state index in [4.69, 9.17) is 0 Å². The van der Waals surface area contributed by atoms with Crippen LogP contribution in [0.1, 0.15) is 78.6 Å². The minimum atomic E-state index is -0.339. The van der Waals surface area contributed by atoms with Crippen molar-refractivity contribution in [2.45, 2.75) is 64.3 Å². The molecule has 1 aliphatic rings. The molecule has 1 N–H and O–H groups in total. The highest BCUT2D eigenvalue weighted by atomic mass is 19.1. The van der Waals surface area contributed by atoms with Gasteiger partial charge in [-0.2, -0.15) is 0 Å². The molecule has 0 saturated carbocycles. The number of carbonyl (C=O) groups is 2. The average molecular weight is 667 g/mol. The molecular formula is C45H47FN2O2. The molecule has 1 unspecified atom stereocenters. The third-order valence-electron chi connectivity index (χ3n) is 10.1. The van der Waals surface area contributed by atoms with Gasteiger partial charge in [0.25, 0.3) is 0 Å². The Morgan fingerprint density at radius 3 is 2.06 bits per heavy atom. The zero-order chi connectivity index (χ0) is 35.1. The van der Waals surface area contributed by atoms with Gasteiger partial charge in [0.05, 0.1) is 5.92 Å². The van der Waals surface area contributed by atoms with Crippen LogP contribution in [0.2, 0.25) is 0 Å². The zero-order valence-corrected chi connectivity index (χ0v) is 29.4. The van der Waals surface area contributed by atoms with Crippen LogP contribution in [0.25, 0.3) is 11.1 Å². The van der Waals surface area contributed by atoms with Crippen molar-refractivity contribution in [3.8, 4) is 11.1 Å². The van der Waals surface area contributed by atoms with Gasteiger partial charge in [-0.25, -0.2) is 4.39 Å². The van der Waals surface area contributed by atoms with E-state index in [9.17, 15) is 14.0 Å². The molecule has 50 heavy (non-hydrogen) atoms. The predicted octanol–water partition coefficient (Wildman–Crippen LogP) is 9.92. The highest BCUT2D eigenvalue weighted by Crippen LogP contribution is 2.35. The number of hydrogen-bond acceptors (Lipinski definition) is 3. The molecular weight excluding hydrogens is 620 g/mol. The summed E-state index contributed by atoms with van der Waals surface area (Å²) in [6.45, 7) is 8.75. The van der Waals surface area contributed by atoms with Crippen LogP contribution >= 0.6 is 0 Å². The molecule has 0 spiro atoms. The van der Waals surface area contributed by atoms with E-state index in [1.807, 2.05) is 54.6 Å². The summed E-state index contributed by atoms with van der Waals surface area (Å²) in [4.78, 5) is 29.4. The van der Waals surface area contributed by atoms with Crippen LogP contribution in [0.4, 0.5) is 10.1 Å². The maximum atomic E-state index is 13.8. The third-order valence-corrected chi connectivity index (χ3v) is 10.1. The number of rotatable bonds is 11. The smallest absolute Gasteiger partial charge is 0.228 e. The Morgan fingerprint density at radius 1 is 0.760 bits per heavy atom. The second-order valence-corrected chi connectivity index (χ2v) is 14.5. The van der Waals surface area contributed by atoms with Gasteiger partial charge < -0.3 is 10.2 Å². The molecule has 5 aromatic rings. The predicted molar refractivity (Wildman–Crippen MR) is 202 cm³/mol. The van der Waals surface area contributed by atoms with Crippen molar-refractivity contribution in [2.75, 3.05) is 18.0 Å². The minimum Gasteiger partial charge on any atom is -0.372 e. The Labute approximate surface area is 296 Å². The quantitative estimate of drug-likeness (QED) is 0.143. The molecule has 1 atom stereocenters. The van der Waals surface area contributed by atoms with Crippen molar-refractivity contribution in [3.63, 3.8) is 0 Å². The maximum Gasteiger partial charge on any atom is 0.228 e. The van der Waals surface area contributed by atoms with Crippen molar-refractivity contribution in [1.29, 1.82) is 0 Å². The fourth-order valence-corrected chi connectivity index (χ4v) is 7.09. The number of amides is 1. The molecule has 0 bridgehead atoms. The van der Waals surface area contributed by atoms with Crippen molar-refractivity contribution in [3.05, 3.63) is 161 Å². The second kappa shape index (κ2) is 15.7. The number of nitrogens with one attached hydrogen (secondary N) is 1. The number of ketones is 1. The van der Waals surface area contributed by atoms with E-state index < -0.39 is 0 Å². The molecule has 6 rings (SSSR count). The van der Waals surface area contributed by atoms with Crippen LogP contribution in [0.15, 0.2) is 127 Å². The van der Waals surface area contributed by atoms with E-state index in [2.05, 4.69) is 79.5 Å². The molecule has 1 amide bonds. The summed E-state index contributed by atoms with van der Waals surface area (Å²) in [5.74, 6) is -0.355. The summed E-state index contributed by atoms with van der Waals surface area (Å²) < 4.78 is 13.8. The van der Waals surface area contributed by atoms with E-state index in [1.54, 1.807) is 12.1 Å². The largest absolute Gasteiger partial charge is 0.372 e. The van der Waals surface area contributed by atoms with Gasteiger partial charge in [0.15, 0.2) is 5.78 Å². The van der Waals surface area contributed by atoms with Crippen molar-refractivity contribution < 1.29 is 14.0 Å². The van der Waals surface area contributed by atoms with Crippen molar-refractivity contribution >= 4 is 17.4 Å². The van der Waals surface area contributed by atoms with Crippen LogP contribution in [-0.2, 0) is 23.2 Å². The number of benzene rings is 5. The first kappa shape index (κ1) is 34.8. The van der Waals surface area contributed by atoms with Crippen molar-refractivity contribution in [1.82, 2.24) is 5.32 Å². The van der Waals surface area contributed by atoms with E-state index in [1.165, 1.54) is 17.7 Å². The Kier molecular flexibility index (Phi) is 10.9. The zero-order valence-electron chi connectivity index (χ0n) is 29.4. The van der Waals surface area contributed by atoms with Gasteiger partial charge in [0.2, 0.25) is 5.91 Å². The van der Waals surface area contributed by atoms with Crippen LogP contribution in [0.5, 0.6) is 0 Å². The summed E-state index contributed by atoms with van der Waals surface area (Å²) in [5.41, 5.74) is 8.35. The number of nitrogens with zero attached hydrogens (tertiary/aromatic N) is 1. The van der Waals surface area contributed by atoms with Gasteiger partial charge >= 0.3 is 0 Å². The first-order valence-corrected chi connectivity index (χ1v) is 17.8. The molecule has 1 aliphatic heterocycles. The Hall–Kier alpha value is -5.03. The lowest BCUT2D eigenvalue weighted by Gasteiger charge is -2.37. The highest BCUT2D eigenvalue weighted by Gasteiger charge is 2.33. The van der Waals surface area contributed by atoms with Crippen LogP contribution in [0, 0.1) is 11.7 Å². The summed E-state index contributed by atoms with van der Waals surface area (Å²) in [6.07, 6.45) is 2.83. The van der Waals surface area contributed by atoms with Gasteiger partial charge in [-0.3, -0.25) is 9.59 Å². The Balaban J connectivity index is 1.06. The second-order valence-electron chi connectivity index (χ2n) is 14.5. The van der Waals surface area contributed by atoms with E-state index >= 15 is 0 Å². The van der Waals surface area contributed by atoms with Gasteiger partial charge in [-0.15, -0.1) is 0 Å². The number of carbonyl (C=O) groups excluding carboxylic acids is 2. The molecule has 1 fully saturated rings. The fourth-order valence-electron chi connectivity index (χ4n) is 7.09. The van der Waals surface area contributed by atoms with E-state index in [-0.39, 0.29) is 34.8 Å². The molecule has 0 aliphatic carbocycles. The van der Waals surface area contributed by atoms with Crippen LogP contribution in [-0.4, -0.2) is 24.8 Å². The lowest BCUT2D eigenvalue weighted by molar-refractivity contribution is -0.124. The molecule has 5 aromatic carbocycles. The normalized spacial score (nSPS) is 14.3. The lowest BCUT2D eigenvalue weighted by Crippen LogP contribution is -2.40. The first-order chi connectivity index (χ1) is 24.2. The Bertz CT molecular complexity index is 1870. The number of anilines is 1. The molecule has 5 heteroatoms. The van der Waals surface area contributed by atoms with Gasteiger partial charge in [0, 0.05) is 37.3 Å². The lowest BCUT2D eigenvalue weighted by atomic mass is 9.79.